The molecule has 1 atom stereocenters. The van der Waals surface area contributed by atoms with Crippen LogP contribution in [0, 0.1) is 5.82 Å². The van der Waals surface area contributed by atoms with E-state index < -0.39 is 5.82 Å². The second kappa shape index (κ2) is 8.85. The minimum atomic E-state index is -0.463. The summed E-state index contributed by atoms with van der Waals surface area (Å²) in [5.41, 5.74) is 1.38. The lowest BCUT2D eigenvalue weighted by atomic mass is 10.1. The van der Waals surface area contributed by atoms with Crippen molar-refractivity contribution in [3.63, 3.8) is 0 Å². The van der Waals surface area contributed by atoms with Crippen LogP contribution in [0.2, 0.25) is 5.02 Å². The molecule has 3 heterocycles. The SMILES string of the molecule is Fc1ccc(Nc2ncnc3cc4c(cc23)OC(CCN2CCCCC2)CO4)cc1Cl. The Morgan fingerprint density at radius 2 is 1.97 bits per heavy atom. The highest BCUT2D eigenvalue weighted by Gasteiger charge is 2.24. The van der Waals surface area contributed by atoms with Gasteiger partial charge in [-0.15, -0.1) is 0 Å². The van der Waals surface area contributed by atoms with Gasteiger partial charge in [0.2, 0.25) is 0 Å². The molecular formula is C23H24ClFN4O2. The van der Waals surface area contributed by atoms with Gasteiger partial charge in [0, 0.05) is 30.1 Å². The van der Waals surface area contributed by atoms with Crippen molar-refractivity contribution in [3.8, 4) is 11.5 Å². The first-order valence-electron chi connectivity index (χ1n) is 10.7. The predicted molar refractivity (Wildman–Crippen MR) is 119 cm³/mol. The maximum atomic E-state index is 13.5. The number of nitrogens with one attached hydrogen (secondary N) is 1. The highest BCUT2D eigenvalue weighted by molar-refractivity contribution is 6.31. The number of ether oxygens (including phenoxy) is 2. The molecule has 2 aliphatic heterocycles. The molecule has 0 aliphatic carbocycles. The minimum Gasteiger partial charge on any atom is -0.486 e. The van der Waals surface area contributed by atoms with Gasteiger partial charge in [0.1, 0.15) is 30.7 Å². The molecule has 0 spiro atoms. The summed E-state index contributed by atoms with van der Waals surface area (Å²) in [5, 5.41) is 4.04. The zero-order valence-corrected chi connectivity index (χ0v) is 17.9. The zero-order chi connectivity index (χ0) is 21.2. The number of piperidine rings is 1. The first-order valence-corrected chi connectivity index (χ1v) is 11.1. The number of anilines is 2. The molecule has 3 aromatic rings. The predicted octanol–water partition coefficient (Wildman–Crippen LogP) is 5.18. The number of fused-ring (bicyclic) bond motifs is 2. The number of nitrogens with zero attached hydrogens (tertiary/aromatic N) is 3. The van der Waals surface area contributed by atoms with Crippen LogP contribution in [-0.2, 0) is 0 Å². The molecule has 2 aromatic carbocycles. The van der Waals surface area contributed by atoms with E-state index in [9.17, 15) is 4.39 Å². The standard InChI is InChI=1S/C23H24ClFN4O2/c24-18-10-15(4-5-19(18)25)28-23-17-11-22-21(12-20(17)26-14-27-23)30-13-16(31-22)6-9-29-7-2-1-3-8-29/h4-5,10-12,14,16H,1-3,6-9,13H2,(H,26,27,28). The summed E-state index contributed by atoms with van der Waals surface area (Å²) in [6.45, 7) is 3.91. The highest BCUT2D eigenvalue weighted by Crippen LogP contribution is 2.38. The number of benzene rings is 2. The fourth-order valence-corrected chi connectivity index (χ4v) is 4.31. The molecule has 2 aliphatic rings. The Kier molecular flexibility index (Phi) is 5.78. The maximum absolute atomic E-state index is 13.5. The van der Waals surface area contributed by atoms with Crippen LogP contribution < -0.4 is 14.8 Å². The van der Waals surface area contributed by atoms with E-state index in [1.807, 2.05) is 12.1 Å². The van der Waals surface area contributed by atoms with E-state index in [1.165, 1.54) is 50.8 Å². The summed E-state index contributed by atoms with van der Waals surface area (Å²) in [6.07, 6.45) is 6.33. The van der Waals surface area contributed by atoms with Crippen molar-refractivity contribution >= 4 is 34.0 Å². The summed E-state index contributed by atoms with van der Waals surface area (Å²) in [6, 6.07) is 8.24. The van der Waals surface area contributed by atoms with Crippen LogP contribution in [0.1, 0.15) is 25.7 Å². The van der Waals surface area contributed by atoms with Crippen molar-refractivity contribution in [2.24, 2.45) is 0 Å². The molecule has 6 nitrogen and oxygen atoms in total. The maximum Gasteiger partial charge on any atom is 0.163 e. The smallest absolute Gasteiger partial charge is 0.163 e. The Morgan fingerprint density at radius 1 is 1.10 bits per heavy atom. The van der Waals surface area contributed by atoms with Crippen molar-refractivity contribution in [3.05, 3.63) is 47.5 Å². The van der Waals surface area contributed by atoms with E-state index >= 15 is 0 Å². The van der Waals surface area contributed by atoms with Crippen LogP contribution in [0.3, 0.4) is 0 Å². The first kappa shape index (κ1) is 20.3. The fourth-order valence-electron chi connectivity index (χ4n) is 4.13. The van der Waals surface area contributed by atoms with Gasteiger partial charge in [0.05, 0.1) is 10.5 Å². The van der Waals surface area contributed by atoms with Crippen LogP contribution >= 0.6 is 11.6 Å². The second-order valence-electron chi connectivity index (χ2n) is 8.03. The van der Waals surface area contributed by atoms with Crippen molar-refractivity contribution in [1.82, 2.24) is 14.9 Å². The largest absolute Gasteiger partial charge is 0.486 e. The number of likely N-dealkylation sites (tertiary alicyclic amines) is 1. The van der Waals surface area contributed by atoms with Gasteiger partial charge >= 0.3 is 0 Å². The summed E-state index contributed by atoms with van der Waals surface area (Å²) in [7, 11) is 0. The zero-order valence-electron chi connectivity index (χ0n) is 17.1. The molecule has 162 valence electrons. The van der Waals surface area contributed by atoms with E-state index in [0.29, 0.717) is 29.6 Å². The number of hydrogen-bond acceptors (Lipinski definition) is 6. The van der Waals surface area contributed by atoms with Gasteiger partial charge in [0.15, 0.2) is 11.5 Å². The highest BCUT2D eigenvalue weighted by atomic mass is 35.5. The molecule has 0 bridgehead atoms. The molecule has 1 fully saturated rings. The van der Waals surface area contributed by atoms with E-state index in [2.05, 4.69) is 20.2 Å². The lowest BCUT2D eigenvalue weighted by molar-refractivity contribution is 0.0730. The Labute approximate surface area is 185 Å². The number of rotatable bonds is 5. The molecule has 0 amide bonds. The van der Waals surface area contributed by atoms with E-state index in [1.54, 1.807) is 6.07 Å². The Morgan fingerprint density at radius 3 is 2.81 bits per heavy atom. The third kappa shape index (κ3) is 4.52. The van der Waals surface area contributed by atoms with Gasteiger partial charge in [-0.25, -0.2) is 14.4 Å². The lowest BCUT2D eigenvalue weighted by Crippen LogP contribution is -2.36. The average Bonchev–Trinajstić information content (AvgIpc) is 2.80. The van der Waals surface area contributed by atoms with Gasteiger partial charge in [-0.2, -0.15) is 0 Å². The van der Waals surface area contributed by atoms with Crippen molar-refractivity contribution in [1.29, 1.82) is 0 Å². The second-order valence-corrected chi connectivity index (χ2v) is 8.44. The Balaban J connectivity index is 1.35. The van der Waals surface area contributed by atoms with E-state index in [-0.39, 0.29) is 11.1 Å². The topological polar surface area (TPSA) is 59.5 Å². The number of halogens is 2. The first-order chi connectivity index (χ1) is 15.2. The normalized spacial score (nSPS) is 18.8. The van der Waals surface area contributed by atoms with Crippen molar-refractivity contribution in [2.75, 3.05) is 31.6 Å². The van der Waals surface area contributed by atoms with Crippen molar-refractivity contribution in [2.45, 2.75) is 31.8 Å². The van der Waals surface area contributed by atoms with Crippen molar-refractivity contribution < 1.29 is 13.9 Å². The quantitative estimate of drug-likeness (QED) is 0.587. The van der Waals surface area contributed by atoms with Gasteiger partial charge in [-0.1, -0.05) is 18.0 Å². The molecule has 1 aromatic heterocycles. The van der Waals surface area contributed by atoms with Gasteiger partial charge in [-0.05, 0) is 50.2 Å². The third-order valence-electron chi connectivity index (χ3n) is 5.82. The van der Waals surface area contributed by atoms with Crippen LogP contribution in [0.15, 0.2) is 36.7 Å². The number of hydrogen-bond donors (Lipinski definition) is 1. The average molecular weight is 443 g/mol. The summed E-state index contributed by atoms with van der Waals surface area (Å²) in [4.78, 5) is 11.2. The van der Waals surface area contributed by atoms with E-state index in [0.717, 1.165) is 23.9 Å². The Hall–Kier alpha value is -2.64. The molecule has 8 heteroatoms. The van der Waals surface area contributed by atoms with Crippen LogP contribution in [0.25, 0.3) is 10.9 Å². The molecule has 1 unspecified atom stereocenters. The molecular weight excluding hydrogens is 419 g/mol. The third-order valence-corrected chi connectivity index (χ3v) is 6.11. The van der Waals surface area contributed by atoms with Crippen LogP contribution in [0.5, 0.6) is 11.5 Å². The summed E-state index contributed by atoms with van der Waals surface area (Å²) in [5.74, 6) is 1.51. The van der Waals surface area contributed by atoms with Crippen LogP contribution in [0.4, 0.5) is 15.9 Å². The molecule has 0 saturated carbocycles. The van der Waals surface area contributed by atoms with Gasteiger partial charge in [0.25, 0.3) is 0 Å². The molecule has 1 N–H and O–H groups in total. The lowest BCUT2D eigenvalue weighted by Gasteiger charge is -2.31. The Bertz CT molecular complexity index is 1090. The minimum absolute atomic E-state index is 0.0174. The van der Waals surface area contributed by atoms with Gasteiger partial charge < -0.3 is 19.7 Å². The molecule has 0 radical (unpaired) electrons. The summed E-state index contributed by atoms with van der Waals surface area (Å²) >= 11 is 5.91. The van der Waals surface area contributed by atoms with Gasteiger partial charge in [-0.3, -0.25) is 0 Å². The molecule has 1 saturated heterocycles. The number of aromatic nitrogens is 2. The van der Waals surface area contributed by atoms with E-state index in [4.69, 9.17) is 21.1 Å². The molecule has 5 rings (SSSR count). The van der Waals surface area contributed by atoms with Crippen LogP contribution in [-0.4, -0.2) is 47.2 Å². The molecule has 31 heavy (non-hydrogen) atoms. The fraction of sp³-hybridized carbons (Fsp3) is 0.391. The summed E-state index contributed by atoms with van der Waals surface area (Å²) < 4.78 is 25.7. The monoisotopic (exact) mass is 442 g/mol.